The van der Waals surface area contributed by atoms with Crippen molar-refractivity contribution in [3.8, 4) is 17.2 Å². The Hall–Kier alpha value is -2.32. The van der Waals surface area contributed by atoms with Crippen molar-refractivity contribution in [3.63, 3.8) is 0 Å². The fourth-order valence-electron chi connectivity index (χ4n) is 2.58. The van der Waals surface area contributed by atoms with Gasteiger partial charge in [-0.05, 0) is 12.1 Å². The van der Waals surface area contributed by atoms with Crippen molar-refractivity contribution in [1.82, 2.24) is 4.90 Å². The molecule has 1 aliphatic rings. The summed E-state index contributed by atoms with van der Waals surface area (Å²) >= 11 is 0. The topological polar surface area (TPSA) is 83.5 Å². The van der Waals surface area contributed by atoms with Gasteiger partial charge < -0.3 is 23.7 Å². The number of carbonyl (C=O) groups is 2. The standard InChI is InChI=1S/C17H23NO7/c1-21-13-5-4-6-14(22-2)16(13)25-17(20)12(11-15(19)23-3)18-7-9-24-10-8-18/h4-6,12H,7-11H2,1-3H3. The smallest absolute Gasteiger partial charge is 0.329 e. The number of nitrogens with zero attached hydrogens (tertiary/aromatic N) is 1. The van der Waals surface area contributed by atoms with Gasteiger partial charge in [0.1, 0.15) is 6.04 Å². The summed E-state index contributed by atoms with van der Waals surface area (Å²) in [5.74, 6) is -0.144. The predicted octanol–water partition coefficient (Wildman–Crippen LogP) is 0.873. The molecule has 138 valence electrons. The summed E-state index contributed by atoms with van der Waals surface area (Å²) in [7, 11) is 4.23. The summed E-state index contributed by atoms with van der Waals surface area (Å²) in [6, 6.07) is 4.28. The van der Waals surface area contributed by atoms with E-state index in [2.05, 4.69) is 0 Å². The van der Waals surface area contributed by atoms with Gasteiger partial charge in [-0.3, -0.25) is 9.69 Å². The minimum Gasteiger partial charge on any atom is -0.493 e. The number of hydrogen-bond donors (Lipinski definition) is 0. The maximum Gasteiger partial charge on any atom is 0.329 e. The highest BCUT2D eigenvalue weighted by Crippen LogP contribution is 2.37. The molecule has 0 N–H and O–H groups in total. The maximum atomic E-state index is 12.8. The molecule has 1 aromatic carbocycles. The molecule has 1 atom stereocenters. The van der Waals surface area contributed by atoms with Crippen LogP contribution in [0.2, 0.25) is 0 Å². The normalized spacial score (nSPS) is 16.0. The van der Waals surface area contributed by atoms with Gasteiger partial charge in [-0.15, -0.1) is 0 Å². The minimum absolute atomic E-state index is 0.104. The highest BCUT2D eigenvalue weighted by atomic mass is 16.6. The second-order valence-corrected chi connectivity index (χ2v) is 5.36. The largest absolute Gasteiger partial charge is 0.493 e. The summed E-state index contributed by atoms with van der Waals surface area (Å²) in [6.07, 6.45) is -0.104. The average Bonchev–Trinajstić information content (AvgIpc) is 2.66. The van der Waals surface area contributed by atoms with Crippen LogP contribution in [0.1, 0.15) is 6.42 Å². The zero-order valence-corrected chi connectivity index (χ0v) is 14.6. The monoisotopic (exact) mass is 353 g/mol. The van der Waals surface area contributed by atoms with E-state index in [1.807, 2.05) is 4.90 Å². The predicted molar refractivity (Wildman–Crippen MR) is 88.0 cm³/mol. The van der Waals surface area contributed by atoms with Gasteiger partial charge in [-0.25, -0.2) is 4.79 Å². The summed E-state index contributed by atoms with van der Waals surface area (Å²) < 4.78 is 26.0. The number of para-hydroxylation sites is 1. The van der Waals surface area contributed by atoms with Crippen LogP contribution in [0.4, 0.5) is 0 Å². The first kappa shape index (κ1) is 19.0. The molecule has 0 amide bonds. The van der Waals surface area contributed by atoms with Crippen molar-refractivity contribution < 1.29 is 33.3 Å². The van der Waals surface area contributed by atoms with E-state index in [-0.39, 0.29) is 12.2 Å². The van der Waals surface area contributed by atoms with E-state index in [0.29, 0.717) is 37.8 Å². The Kier molecular flexibility index (Phi) is 7.03. The first-order valence-corrected chi connectivity index (χ1v) is 7.92. The van der Waals surface area contributed by atoms with Crippen LogP contribution in [0.25, 0.3) is 0 Å². The van der Waals surface area contributed by atoms with Crippen molar-refractivity contribution in [3.05, 3.63) is 18.2 Å². The first-order chi connectivity index (χ1) is 12.1. The molecule has 1 aliphatic heterocycles. The summed E-state index contributed by atoms with van der Waals surface area (Å²) in [4.78, 5) is 26.4. The molecule has 8 heteroatoms. The Morgan fingerprint density at radius 1 is 1.12 bits per heavy atom. The molecule has 0 spiro atoms. The molecule has 1 unspecified atom stereocenters. The highest BCUT2D eigenvalue weighted by Gasteiger charge is 2.33. The number of esters is 2. The number of hydrogen-bond acceptors (Lipinski definition) is 8. The molecule has 1 saturated heterocycles. The SMILES string of the molecule is COC(=O)CC(C(=O)Oc1c(OC)cccc1OC)N1CCOCC1. The molecule has 0 radical (unpaired) electrons. The molecule has 0 bridgehead atoms. The van der Waals surface area contributed by atoms with Crippen molar-refractivity contribution >= 4 is 11.9 Å². The zero-order chi connectivity index (χ0) is 18.2. The van der Waals surface area contributed by atoms with Crippen LogP contribution in [-0.4, -0.2) is 70.5 Å². The number of rotatable bonds is 7. The molecule has 1 heterocycles. The van der Waals surface area contributed by atoms with Crippen LogP contribution in [-0.2, 0) is 19.1 Å². The van der Waals surface area contributed by atoms with Crippen molar-refractivity contribution in [2.24, 2.45) is 0 Å². The molecule has 2 rings (SSSR count). The van der Waals surface area contributed by atoms with Gasteiger partial charge in [-0.1, -0.05) is 6.07 Å². The molecular weight excluding hydrogens is 330 g/mol. The molecule has 0 saturated carbocycles. The number of benzene rings is 1. The van der Waals surface area contributed by atoms with Gasteiger partial charge >= 0.3 is 11.9 Å². The van der Waals surface area contributed by atoms with E-state index in [0.717, 1.165) is 0 Å². The summed E-state index contributed by atoms with van der Waals surface area (Å²) in [6.45, 7) is 2.03. The molecule has 1 aromatic rings. The van der Waals surface area contributed by atoms with Gasteiger partial charge in [0.2, 0.25) is 5.75 Å². The Bertz CT molecular complexity index is 576. The third kappa shape index (κ3) is 4.83. The Morgan fingerprint density at radius 2 is 1.72 bits per heavy atom. The lowest BCUT2D eigenvalue weighted by atomic mass is 10.1. The zero-order valence-electron chi connectivity index (χ0n) is 14.6. The molecule has 0 aliphatic carbocycles. The third-order valence-electron chi connectivity index (χ3n) is 3.93. The Labute approximate surface area is 146 Å². The lowest BCUT2D eigenvalue weighted by Gasteiger charge is -2.32. The van der Waals surface area contributed by atoms with Crippen molar-refractivity contribution in [1.29, 1.82) is 0 Å². The van der Waals surface area contributed by atoms with Gasteiger partial charge in [0, 0.05) is 13.1 Å². The van der Waals surface area contributed by atoms with Gasteiger partial charge in [0.05, 0.1) is 41.0 Å². The van der Waals surface area contributed by atoms with Crippen molar-refractivity contribution in [2.45, 2.75) is 12.5 Å². The maximum absolute atomic E-state index is 12.8. The average molecular weight is 353 g/mol. The van der Waals surface area contributed by atoms with Crippen LogP contribution in [0.3, 0.4) is 0 Å². The lowest BCUT2D eigenvalue weighted by Crippen LogP contribution is -2.49. The van der Waals surface area contributed by atoms with E-state index in [1.165, 1.54) is 21.3 Å². The lowest BCUT2D eigenvalue weighted by molar-refractivity contribution is -0.151. The van der Waals surface area contributed by atoms with Crippen LogP contribution in [0.15, 0.2) is 18.2 Å². The van der Waals surface area contributed by atoms with E-state index in [1.54, 1.807) is 18.2 Å². The molecular formula is C17H23NO7. The molecule has 0 aromatic heterocycles. The molecule has 25 heavy (non-hydrogen) atoms. The fourth-order valence-corrected chi connectivity index (χ4v) is 2.58. The van der Waals surface area contributed by atoms with E-state index in [9.17, 15) is 9.59 Å². The Morgan fingerprint density at radius 3 is 2.24 bits per heavy atom. The van der Waals surface area contributed by atoms with Crippen LogP contribution in [0, 0.1) is 0 Å². The highest BCUT2D eigenvalue weighted by molar-refractivity contribution is 5.85. The number of methoxy groups -OCH3 is 3. The second kappa shape index (κ2) is 9.24. The summed E-state index contributed by atoms with van der Waals surface area (Å²) in [5, 5.41) is 0. The Balaban J connectivity index is 2.22. The fraction of sp³-hybridized carbons (Fsp3) is 0.529. The van der Waals surface area contributed by atoms with E-state index < -0.39 is 18.0 Å². The molecule has 8 nitrogen and oxygen atoms in total. The number of morpholine rings is 1. The number of carbonyl (C=O) groups excluding carboxylic acids is 2. The first-order valence-electron chi connectivity index (χ1n) is 7.92. The van der Waals surface area contributed by atoms with E-state index in [4.69, 9.17) is 23.7 Å². The summed E-state index contributed by atoms with van der Waals surface area (Å²) in [5.41, 5.74) is 0. The van der Waals surface area contributed by atoms with Gasteiger partial charge in [0.15, 0.2) is 11.5 Å². The third-order valence-corrected chi connectivity index (χ3v) is 3.93. The minimum atomic E-state index is -0.772. The molecule has 1 fully saturated rings. The van der Waals surface area contributed by atoms with E-state index >= 15 is 0 Å². The van der Waals surface area contributed by atoms with Gasteiger partial charge in [0.25, 0.3) is 0 Å². The van der Waals surface area contributed by atoms with Crippen LogP contribution < -0.4 is 14.2 Å². The quantitative estimate of drug-likeness (QED) is 0.528. The van der Waals surface area contributed by atoms with Crippen LogP contribution >= 0.6 is 0 Å². The second-order valence-electron chi connectivity index (χ2n) is 5.36. The van der Waals surface area contributed by atoms with Gasteiger partial charge in [-0.2, -0.15) is 0 Å². The van der Waals surface area contributed by atoms with Crippen LogP contribution in [0.5, 0.6) is 17.2 Å². The van der Waals surface area contributed by atoms with Crippen molar-refractivity contribution in [2.75, 3.05) is 47.6 Å². The number of ether oxygens (including phenoxy) is 5.